The fraction of sp³-hybridized carbons (Fsp3) is 0.385. The highest BCUT2D eigenvalue weighted by Gasteiger charge is 2.73. The van der Waals surface area contributed by atoms with Crippen LogP contribution in [-0.2, 0) is 10.2 Å². The summed E-state index contributed by atoms with van der Waals surface area (Å²) in [7, 11) is 0. The highest BCUT2D eigenvalue weighted by Crippen LogP contribution is 2.73. The molecule has 2 bridgehead atoms. The smallest absolute Gasteiger partial charge is 0.309 e. The summed E-state index contributed by atoms with van der Waals surface area (Å²) in [4.78, 5) is 19.9. The van der Waals surface area contributed by atoms with Gasteiger partial charge in [0.1, 0.15) is 0 Å². The Labute approximate surface area is 109 Å². The first-order valence-electron chi connectivity index (χ1n) is 6.20. The van der Waals surface area contributed by atoms with Crippen molar-refractivity contribution in [3.63, 3.8) is 0 Å². The van der Waals surface area contributed by atoms with E-state index in [2.05, 4.69) is 15.1 Å². The molecule has 0 radical (unpaired) electrons. The Hall–Kier alpha value is -2.24. The second-order valence-electron chi connectivity index (χ2n) is 5.61. The van der Waals surface area contributed by atoms with Crippen LogP contribution in [0.25, 0.3) is 5.82 Å². The van der Waals surface area contributed by atoms with Gasteiger partial charge in [-0.15, -0.1) is 0 Å². The summed E-state index contributed by atoms with van der Waals surface area (Å²) in [6, 6.07) is 1.83. The first kappa shape index (κ1) is 10.7. The Balaban J connectivity index is 1.65. The standard InChI is InChI=1S/C13H12N4O2/c18-11(19)13-6-12(7-13,8-13)9-4-14-5-10(16-9)17-3-1-2-15-17/h1-5H,6-8H2,(H,18,19). The molecule has 19 heavy (non-hydrogen) atoms. The van der Waals surface area contributed by atoms with Crippen LogP contribution in [-0.4, -0.2) is 30.8 Å². The Morgan fingerprint density at radius 1 is 1.32 bits per heavy atom. The molecule has 3 saturated carbocycles. The quantitative estimate of drug-likeness (QED) is 0.891. The molecule has 6 nitrogen and oxygen atoms in total. The molecular weight excluding hydrogens is 244 g/mol. The topological polar surface area (TPSA) is 80.9 Å². The van der Waals surface area contributed by atoms with Gasteiger partial charge in [0.15, 0.2) is 5.82 Å². The molecule has 0 aliphatic heterocycles. The van der Waals surface area contributed by atoms with Gasteiger partial charge >= 0.3 is 5.97 Å². The fourth-order valence-electron chi connectivity index (χ4n) is 3.41. The van der Waals surface area contributed by atoms with Gasteiger partial charge in [0.05, 0.1) is 17.3 Å². The first-order chi connectivity index (χ1) is 9.14. The van der Waals surface area contributed by atoms with E-state index in [-0.39, 0.29) is 5.41 Å². The van der Waals surface area contributed by atoms with Gasteiger partial charge in [-0.2, -0.15) is 5.10 Å². The number of hydrogen-bond donors (Lipinski definition) is 1. The van der Waals surface area contributed by atoms with Crippen LogP contribution in [0.1, 0.15) is 25.0 Å². The first-order valence-corrected chi connectivity index (χ1v) is 6.20. The number of nitrogens with zero attached hydrogens (tertiary/aromatic N) is 4. The number of hydrogen-bond acceptors (Lipinski definition) is 4. The van der Waals surface area contributed by atoms with Gasteiger partial charge in [-0.25, -0.2) is 9.67 Å². The number of rotatable bonds is 3. The summed E-state index contributed by atoms with van der Waals surface area (Å²) in [5.74, 6) is 0.00200. The highest BCUT2D eigenvalue weighted by atomic mass is 16.4. The highest BCUT2D eigenvalue weighted by molar-refractivity contribution is 5.80. The van der Waals surface area contributed by atoms with E-state index < -0.39 is 11.4 Å². The van der Waals surface area contributed by atoms with Crippen LogP contribution in [0.15, 0.2) is 30.9 Å². The van der Waals surface area contributed by atoms with E-state index in [1.807, 2.05) is 12.3 Å². The maximum atomic E-state index is 11.1. The molecule has 2 aromatic heterocycles. The van der Waals surface area contributed by atoms with Gasteiger partial charge in [0.25, 0.3) is 0 Å². The second kappa shape index (κ2) is 3.20. The molecule has 6 heteroatoms. The Morgan fingerprint density at radius 2 is 2.11 bits per heavy atom. The van der Waals surface area contributed by atoms with Crippen molar-refractivity contribution in [2.75, 3.05) is 0 Å². The van der Waals surface area contributed by atoms with Crippen molar-refractivity contribution in [2.24, 2.45) is 5.41 Å². The van der Waals surface area contributed by atoms with Gasteiger partial charge in [-0.1, -0.05) is 0 Å². The van der Waals surface area contributed by atoms with Crippen molar-refractivity contribution < 1.29 is 9.90 Å². The molecular formula is C13H12N4O2. The van der Waals surface area contributed by atoms with Crippen molar-refractivity contribution in [1.82, 2.24) is 19.7 Å². The summed E-state index contributed by atoms with van der Waals surface area (Å²) >= 11 is 0. The number of carboxylic acids is 1. The van der Waals surface area contributed by atoms with Crippen LogP contribution >= 0.6 is 0 Å². The summed E-state index contributed by atoms with van der Waals surface area (Å²) in [5, 5.41) is 13.3. The molecule has 2 heterocycles. The minimum atomic E-state index is -0.675. The lowest BCUT2D eigenvalue weighted by molar-refractivity contribution is -0.195. The van der Waals surface area contributed by atoms with Crippen molar-refractivity contribution in [2.45, 2.75) is 24.7 Å². The van der Waals surface area contributed by atoms with E-state index in [0.717, 1.165) is 5.69 Å². The molecule has 3 fully saturated rings. The lowest BCUT2D eigenvalue weighted by Crippen LogP contribution is -2.68. The molecule has 0 amide bonds. The predicted octanol–water partition coefficient (Wildman–Crippen LogP) is 1.17. The van der Waals surface area contributed by atoms with E-state index >= 15 is 0 Å². The molecule has 0 saturated heterocycles. The number of carboxylic acid groups (broad SMARTS) is 1. The summed E-state index contributed by atoms with van der Waals surface area (Å²) in [6.07, 6.45) is 8.97. The average Bonchev–Trinajstić information content (AvgIpc) is 2.78. The molecule has 0 spiro atoms. The minimum Gasteiger partial charge on any atom is -0.481 e. The molecule has 5 rings (SSSR count). The van der Waals surface area contributed by atoms with E-state index in [9.17, 15) is 4.79 Å². The van der Waals surface area contributed by atoms with Gasteiger partial charge in [-0.05, 0) is 25.3 Å². The summed E-state index contributed by atoms with van der Waals surface area (Å²) < 4.78 is 1.66. The largest absolute Gasteiger partial charge is 0.481 e. The van der Waals surface area contributed by atoms with Crippen LogP contribution in [0.4, 0.5) is 0 Å². The van der Waals surface area contributed by atoms with Crippen LogP contribution < -0.4 is 0 Å². The third kappa shape index (κ3) is 1.26. The third-order valence-electron chi connectivity index (χ3n) is 4.39. The third-order valence-corrected chi connectivity index (χ3v) is 4.39. The monoisotopic (exact) mass is 256 g/mol. The maximum absolute atomic E-state index is 11.1. The summed E-state index contributed by atoms with van der Waals surface area (Å²) in [5.41, 5.74) is 0.349. The second-order valence-corrected chi connectivity index (χ2v) is 5.61. The van der Waals surface area contributed by atoms with E-state index in [1.54, 1.807) is 23.3 Å². The molecule has 1 N–H and O–H groups in total. The van der Waals surface area contributed by atoms with E-state index in [1.165, 1.54) is 0 Å². The number of aromatic nitrogens is 4. The molecule has 0 aromatic carbocycles. The fourth-order valence-corrected chi connectivity index (χ4v) is 3.41. The maximum Gasteiger partial charge on any atom is 0.309 e. The number of aliphatic carboxylic acids is 1. The molecule has 0 unspecified atom stereocenters. The lowest BCUT2D eigenvalue weighted by atomic mass is 9.34. The SMILES string of the molecule is O=C(O)C12CC(c3cncc(-n4cccn4)n3)(C1)C2. The van der Waals surface area contributed by atoms with Crippen molar-refractivity contribution in [3.05, 3.63) is 36.5 Å². The summed E-state index contributed by atoms with van der Waals surface area (Å²) in [6.45, 7) is 0. The number of carbonyl (C=O) groups is 1. The van der Waals surface area contributed by atoms with Crippen LogP contribution in [0.3, 0.4) is 0 Å². The van der Waals surface area contributed by atoms with Crippen LogP contribution in [0, 0.1) is 5.41 Å². The zero-order chi connectivity index (χ0) is 13.1. The van der Waals surface area contributed by atoms with Gasteiger partial charge in [0.2, 0.25) is 0 Å². The molecule has 96 valence electrons. The predicted molar refractivity (Wildman–Crippen MR) is 64.8 cm³/mol. The minimum absolute atomic E-state index is 0.0610. The Morgan fingerprint density at radius 3 is 2.74 bits per heavy atom. The van der Waals surface area contributed by atoms with Gasteiger partial charge < -0.3 is 5.11 Å². The van der Waals surface area contributed by atoms with Crippen LogP contribution in [0.2, 0.25) is 0 Å². The average molecular weight is 256 g/mol. The van der Waals surface area contributed by atoms with Gasteiger partial charge in [0, 0.05) is 24.0 Å². The lowest BCUT2D eigenvalue weighted by Gasteiger charge is -2.67. The van der Waals surface area contributed by atoms with Crippen molar-refractivity contribution >= 4 is 5.97 Å². The van der Waals surface area contributed by atoms with Crippen molar-refractivity contribution in [3.8, 4) is 5.82 Å². The Kier molecular flexibility index (Phi) is 1.80. The van der Waals surface area contributed by atoms with Crippen LogP contribution in [0.5, 0.6) is 0 Å². The molecule has 0 atom stereocenters. The van der Waals surface area contributed by atoms with E-state index in [4.69, 9.17) is 5.11 Å². The van der Waals surface area contributed by atoms with Gasteiger partial charge in [-0.3, -0.25) is 9.78 Å². The van der Waals surface area contributed by atoms with E-state index in [0.29, 0.717) is 25.1 Å². The molecule has 3 aliphatic carbocycles. The zero-order valence-corrected chi connectivity index (χ0v) is 10.2. The van der Waals surface area contributed by atoms with Crippen molar-refractivity contribution in [1.29, 1.82) is 0 Å². The zero-order valence-electron chi connectivity index (χ0n) is 10.2. The molecule has 3 aliphatic rings. The normalized spacial score (nSPS) is 31.4. The molecule has 2 aromatic rings. The Bertz CT molecular complexity index is 645.